The summed E-state index contributed by atoms with van der Waals surface area (Å²) in [4.78, 5) is 25.9. The van der Waals surface area contributed by atoms with Gasteiger partial charge in [-0.25, -0.2) is 13.8 Å². The molecule has 1 heterocycles. The average molecular weight is 882 g/mol. The molecule has 8 N–H and O–H groups in total. The number of carbonyl (C=O) groups excluding carboxylic acids is 2. The Kier molecular flexibility index (Phi) is 58.0. The van der Waals surface area contributed by atoms with Crippen LogP contribution < -0.4 is 27.4 Å². The van der Waals surface area contributed by atoms with Crippen LogP contribution in [0.5, 0.6) is 0 Å². The predicted molar refractivity (Wildman–Crippen MR) is 271 cm³/mol. The second-order valence-electron chi connectivity index (χ2n) is 15.4. The van der Waals surface area contributed by atoms with Crippen molar-refractivity contribution in [3.8, 4) is 0 Å². The van der Waals surface area contributed by atoms with Gasteiger partial charge in [0.05, 0.1) is 28.3 Å². The number of aldehydes is 1. The quantitative estimate of drug-likeness (QED) is 0.0561. The molecule has 1 aromatic carbocycles. The normalized spacial score (nSPS) is 10.3. The lowest BCUT2D eigenvalue weighted by atomic mass is 9.94. The van der Waals surface area contributed by atoms with E-state index >= 15 is 0 Å². The summed E-state index contributed by atoms with van der Waals surface area (Å²) < 4.78 is 32.5. The highest BCUT2D eigenvalue weighted by molar-refractivity contribution is 6.05. The summed E-state index contributed by atoms with van der Waals surface area (Å²) in [6.45, 7) is 40.2. The van der Waals surface area contributed by atoms with Crippen molar-refractivity contribution in [2.75, 3.05) is 44.9 Å². The summed E-state index contributed by atoms with van der Waals surface area (Å²) in [5.74, 6) is -1.48. The molecule has 3 rings (SSSR count). The number of benzene rings is 1. The number of pyridine rings is 1. The number of nitrogens with zero attached hydrogens (tertiary/aromatic N) is 1. The van der Waals surface area contributed by atoms with Crippen LogP contribution in [0.2, 0.25) is 0 Å². The van der Waals surface area contributed by atoms with Crippen molar-refractivity contribution >= 4 is 29.4 Å². The van der Waals surface area contributed by atoms with Crippen LogP contribution >= 0.6 is 0 Å². The molecule has 0 spiro atoms. The molecule has 1 saturated carbocycles. The highest BCUT2D eigenvalue weighted by Gasteiger charge is 2.16. The van der Waals surface area contributed by atoms with Gasteiger partial charge in [-0.2, -0.15) is 0 Å². The number of nitrogens with one attached hydrogen (secondary N) is 4. The van der Waals surface area contributed by atoms with Crippen molar-refractivity contribution in [3.63, 3.8) is 0 Å². The molecule has 0 atom stereocenters. The fraction of sp³-hybridized carbons (Fsp3) is 0.640. The lowest BCUT2D eigenvalue weighted by molar-refractivity contribution is -0.107. The van der Waals surface area contributed by atoms with Crippen molar-refractivity contribution in [2.45, 2.75) is 168 Å². The van der Waals surface area contributed by atoms with Crippen LogP contribution in [0.15, 0.2) is 54.8 Å². The third kappa shape index (κ3) is 58.1. The summed E-state index contributed by atoms with van der Waals surface area (Å²) in [7, 11) is 4.90. The molecule has 0 unspecified atom stereocenters. The van der Waals surface area contributed by atoms with E-state index in [2.05, 4.69) is 102 Å². The molecule has 2 aromatic rings. The second kappa shape index (κ2) is 49.7. The molecule has 0 radical (unpaired) electrons. The van der Waals surface area contributed by atoms with Gasteiger partial charge in [-0.1, -0.05) is 134 Å². The Balaban J connectivity index is -0.000000126. The molecule has 364 valence electrons. The number of unbranched alkanes of at least 4 members (excludes halogenated alkanes) is 1. The number of halogens is 2. The Morgan fingerprint density at radius 1 is 0.919 bits per heavy atom. The van der Waals surface area contributed by atoms with E-state index in [0.29, 0.717) is 18.2 Å². The molecule has 1 fully saturated rings. The van der Waals surface area contributed by atoms with E-state index in [4.69, 9.17) is 15.9 Å². The number of nitrogens with two attached hydrogens (primary N) is 2. The first-order chi connectivity index (χ1) is 29.0. The Morgan fingerprint density at radius 2 is 1.39 bits per heavy atom. The minimum Gasteiger partial charge on any atom is -0.402 e. The standard InChI is InChI=1S/C15H14F2N4O.C7H16O.C7H12O.C6H13N.C4H10.C3H9N.C3H6.2C2H6.CH5N/c1-8(18)12-4-3-5-14(20-12)21-15(22)9-6-13(19-2)11(17)7-10(9)16;1-5-6-8-7(2,3)4;1-2-3-4-5-6-7-8;1-5(7)6(2,3)4;1-4(2)3;1-3-4-2;1-2-3-1;3*1-2/h3-7,18-19H,1-2H3,(H,20,21,22);5-6H2,1-4H3;3-4,7H,2,5-6H2,1H3;1,7H2,2-4H3;4H,1-3H3;4H,3H2,1-2H3;1-3H2;2*1-2H3;2H2,1H3/b;;4-3-;;;;;;;. The van der Waals surface area contributed by atoms with E-state index < -0.39 is 17.5 Å². The Morgan fingerprint density at radius 3 is 1.69 bits per heavy atom. The molecule has 0 saturated heterocycles. The van der Waals surface area contributed by atoms with Crippen LogP contribution in [0.3, 0.4) is 0 Å². The first-order valence-corrected chi connectivity index (χ1v) is 22.4. The lowest BCUT2D eigenvalue weighted by Crippen LogP contribution is -2.19. The summed E-state index contributed by atoms with van der Waals surface area (Å²) in [6, 6.07) is 6.49. The maximum absolute atomic E-state index is 13.7. The van der Waals surface area contributed by atoms with E-state index in [0.717, 1.165) is 56.4 Å². The van der Waals surface area contributed by atoms with E-state index in [1.807, 2.05) is 61.6 Å². The summed E-state index contributed by atoms with van der Waals surface area (Å²) in [5.41, 5.74) is 11.1. The van der Waals surface area contributed by atoms with E-state index in [-0.39, 0.29) is 33.8 Å². The number of rotatable bonds is 11. The van der Waals surface area contributed by atoms with Gasteiger partial charge in [-0.15, -0.1) is 0 Å². The van der Waals surface area contributed by atoms with E-state index in [1.165, 1.54) is 39.4 Å². The fourth-order valence-corrected chi connectivity index (χ4v) is 2.67. The zero-order valence-electron chi connectivity index (χ0n) is 43.3. The number of aromatic nitrogens is 1. The van der Waals surface area contributed by atoms with E-state index in [1.54, 1.807) is 19.1 Å². The first kappa shape index (κ1) is 72.4. The maximum Gasteiger partial charge on any atom is 0.259 e. The number of allylic oxidation sites excluding steroid dienone is 3. The summed E-state index contributed by atoms with van der Waals surface area (Å²) >= 11 is 0. The van der Waals surface area contributed by atoms with Crippen LogP contribution in [0, 0.1) is 28.4 Å². The van der Waals surface area contributed by atoms with Gasteiger partial charge in [0, 0.05) is 37.3 Å². The number of amides is 1. The zero-order chi connectivity index (χ0) is 50.3. The van der Waals surface area contributed by atoms with Crippen molar-refractivity contribution < 1.29 is 23.1 Å². The van der Waals surface area contributed by atoms with Crippen molar-refractivity contribution in [3.05, 3.63) is 77.7 Å². The SMILES string of the molecule is C1CC1.C=C(N)C(C)(C)C.CC.CC.CC(C)C.CC/C=C\CCC=O.CCCOC(C)(C)C.CCNC.CN.CNc1cc(C(=O)Nc2cccc(C(C)=N)n2)c(F)cc1F. The van der Waals surface area contributed by atoms with Gasteiger partial charge >= 0.3 is 0 Å². The number of ether oxygens (including phenoxy) is 1. The molecule has 0 bridgehead atoms. The van der Waals surface area contributed by atoms with Crippen LogP contribution in [0.25, 0.3) is 0 Å². The molecule has 1 amide bonds. The van der Waals surface area contributed by atoms with Crippen LogP contribution in [0.1, 0.15) is 179 Å². The Labute approximate surface area is 380 Å². The molecule has 1 aromatic heterocycles. The monoisotopic (exact) mass is 882 g/mol. The lowest BCUT2D eigenvalue weighted by Gasteiger charge is -2.18. The van der Waals surface area contributed by atoms with Crippen molar-refractivity contribution in [1.82, 2.24) is 10.3 Å². The molecule has 12 heteroatoms. The van der Waals surface area contributed by atoms with Crippen LogP contribution in [-0.4, -0.2) is 62.8 Å². The third-order valence-corrected chi connectivity index (χ3v) is 6.21. The molecule has 0 aliphatic heterocycles. The molecular weight excluding hydrogens is 785 g/mol. The minimum absolute atomic E-state index is 0.0172. The van der Waals surface area contributed by atoms with Gasteiger partial charge in [-0.3, -0.25) is 4.79 Å². The van der Waals surface area contributed by atoms with E-state index in [9.17, 15) is 18.4 Å². The highest BCUT2D eigenvalue weighted by atomic mass is 19.1. The predicted octanol–water partition coefficient (Wildman–Crippen LogP) is 13.4. The first-order valence-electron chi connectivity index (χ1n) is 22.4. The molecular formula is C50H97F2N7O3. The fourth-order valence-electron chi connectivity index (χ4n) is 2.67. The minimum atomic E-state index is -0.964. The van der Waals surface area contributed by atoms with Gasteiger partial charge in [0.1, 0.15) is 23.7 Å². The number of hydrogen-bond donors (Lipinski definition) is 6. The zero-order valence-corrected chi connectivity index (χ0v) is 43.3. The number of anilines is 2. The van der Waals surface area contributed by atoms with Gasteiger partial charge in [-0.05, 0) is 91.7 Å². The molecule has 1 aliphatic rings. The van der Waals surface area contributed by atoms with Gasteiger partial charge < -0.3 is 42.4 Å². The third-order valence-electron chi connectivity index (χ3n) is 6.21. The topological polar surface area (TPSA) is 168 Å². The Hall–Kier alpha value is -4.00. The largest absolute Gasteiger partial charge is 0.402 e. The molecule has 10 nitrogen and oxygen atoms in total. The second-order valence-corrected chi connectivity index (χ2v) is 15.4. The number of carbonyl (C=O) groups is 2. The smallest absolute Gasteiger partial charge is 0.259 e. The molecule has 62 heavy (non-hydrogen) atoms. The summed E-state index contributed by atoms with van der Waals surface area (Å²) in [5, 5.41) is 15.4. The van der Waals surface area contributed by atoms with Crippen LogP contribution in [-0.2, 0) is 9.53 Å². The van der Waals surface area contributed by atoms with Gasteiger partial charge in [0.2, 0.25) is 0 Å². The Bertz CT molecular complexity index is 1360. The van der Waals surface area contributed by atoms with Gasteiger partial charge in [0.25, 0.3) is 5.91 Å². The van der Waals surface area contributed by atoms with Crippen LogP contribution in [0.4, 0.5) is 20.3 Å². The van der Waals surface area contributed by atoms with Crippen molar-refractivity contribution in [2.24, 2.45) is 22.8 Å². The van der Waals surface area contributed by atoms with Crippen molar-refractivity contribution in [1.29, 1.82) is 5.41 Å². The van der Waals surface area contributed by atoms with Gasteiger partial charge in [0.15, 0.2) is 0 Å². The summed E-state index contributed by atoms with van der Waals surface area (Å²) in [6.07, 6.45) is 13.3. The molecule has 1 aliphatic carbocycles. The highest BCUT2D eigenvalue weighted by Crippen LogP contribution is 2.20. The maximum atomic E-state index is 13.7. The average Bonchev–Trinajstić information content (AvgIpc) is 4.12. The number of hydrogen-bond acceptors (Lipinski definition) is 9.